The molecule has 0 radical (unpaired) electrons. The summed E-state index contributed by atoms with van der Waals surface area (Å²) < 4.78 is 0. The summed E-state index contributed by atoms with van der Waals surface area (Å²) in [6.07, 6.45) is 2.98. The Morgan fingerprint density at radius 3 is 3.00 bits per heavy atom. The van der Waals surface area contributed by atoms with Crippen LogP contribution in [0.2, 0.25) is 5.02 Å². The van der Waals surface area contributed by atoms with E-state index in [1.165, 1.54) is 18.1 Å². The fraction of sp³-hybridized carbons (Fsp3) is 0.0769. The van der Waals surface area contributed by atoms with Crippen molar-refractivity contribution < 1.29 is 4.79 Å². The maximum absolute atomic E-state index is 12.0. The molecule has 0 fully saturated rings. The molecule has 2 heterocycles. The smallest absolute Gasteiger partial charge is 0.234 e. The Kier molecular flexibility index (Phi) is 4.03. The molecule has 0 saturated heterocycles. The van der Waals surface area contributed by atoms with Crippen molar-refractivity contribution in [2.24, 2.45) is 0 Å². The lowest BCUT2D eigenvalue weighted by Gasteiger charge is -2.06. The number of aromatic amines is 1. The van der Waals surface area contributed by atoms with Crippen molar-refractivity contribution in [3.63, 3.8) is 0 Å². The number of anilines is 1. The van der Waals surface area contributed by atoms with Crippen LogP contribution in [0.5, 0.6) is 0 Å². The van der Waals surface area contributed by atoms with Gasteiger partial charge in [-0.1, -0.05) is 35.5 Å². The van der Waals surface area contributed by atoms with Crippen LogP contribution >= 0.6 is 23.4 Å². The molecule has 2 N–H and O–H groups in total. The van der Waals surface area contributed by atoms with Crippen LogP contribution in [0.4, 0.5) is 5.69 Å². The van der Waals surface area contributed by atoms with Crippen molar-refractivity contribution in [3.8, 4) is 0 Å². The molecular weight excluding hydrogens is 310 g/mol. The van der Waals surface area contributed by atoms with E-state index in [1.807, 2.05) is 12.1 Å². The SMILES string of the molecule is O=C(CSc1ncnc2nc[nH]c12)Nc1ccccc1Cl. The Hall–Kier alpha value is -2.12. The Morgan fingerprint density at radius 2 is 2.14 bits per heavy atom. The summed E-state index contributed by atoms with van der Waals surface area (Å²) >= 11 is 7.30. The van der Waals surface area contributed by atoms with Crippen molar-refractivity contribution in [3.05, 3.63) is 41.9 Å². The number of thioether (sulfide) groups is 1. The number of fused-ring (bicyclic) bond motifs is 1. The average molecular weight is 320 g/mol. The Balaban J connectivity index is 1.66. The summed E-state index contributed by atoms with van der Waals surface area (Å²) in [4.78, 5) is 27.1. The topological polar surface area (TPSA) is 83.6 Å². The molecule has 0 aliphatic carbocycles. The summed E-state index contributed by atoms with van der Waals surface area (Å²) in [5.41, 5.74) is 1.91. The second-order valence-corrected chi connectivity index (χ2v) is 5.47. The van der Waals surface area contributed by atoms with Gasteiger partial charge < -0.3 is 10.3 Å². The number of hydrogen-bond acceptors (Lipinski definition) is 5. The number of nitrogens with one attached hydrogen (secondary N) is 2. The number of benzene rings is 1. The number of rotatable bonds is 4. The van der Waals surface area contributed by atoms with Crippen LogP contribution in [0.25, 0.3) is 11.2 Å². The minimum Gasteiger partial charge on any atom is -0.341 e. The molecule has 0 bridgehead atoms. The summed E-state index contributed by atoms with van der Waals surface area (Å²) in [5.74, 6) is 0.0653. The van der Waals surface area contributed by atoms with Gasteiger partial charge in [0.25, 0.3) is 0 Å². The molecule has 8 heteroatoms. The molecule has 0 atom stereocenters. The third-order valence-electron chi connectivity index (χ3n) is 2.68. The minimum absolute atomic E-state index is 0.153. The van der Waals surface area contributed by atoms with E-state index in [9.17, 15) is 4.79 Å². The van der Waals surface area contributed by atoms with Crippen molar-refractivity contribution in [1.29, 1.82) is 0 Å². The Bertz CT molecular complexity index is 791. The predicted molar refractivity (Wildman–Crippen MR) is 82.5 cm³/mol. The highest BCUT2D eigenvalue weighted by atomic mass is 35.5. The normalized spacial score (nSPS) is 10.7. The largest absolute Gasteiger partial charge is 0.341 e. The first-order valence-electron chi connectivity index (χ1n) is 6.05. The fourth-order valence-corrected chi connectivity index (χ4v) is 2.67. The van der Waals surface area contributed by atoms with Crippen molar-refractivity contribution in [2.45, 2.75) is 5.03 Å². The third-order valence-corrected chi connectivity index (χ3v) is 4.00. The fourth-order valence-electron chi connectivity index (χ4n) is 1.74. The van der Waals surface area contributed by atoms with Gasteiger partial charge in [0.1, 0.15) is 16.9 Å². The number of para-hydroxylation sites is 1. The number of halogens is 1. The average Bonchev–Trinajstić information content (AvgIpc) is 2.96. The van der Waals surface area contributed by atoms with Crippen LogP contribution in [0.15, 0.2) is 41.9 Å². The van der Waals surface area contributed by atoms with Crippen molar-refractivity contribution in [1.82, 2.24) is 19.9 Å². The van der Waals surface area contributed by atoms with E-state index in [1.54, 1.807) is 18.5 Å². The van der Waals surface area contributed by atoms with Crippen molar-refractivity contribution >= 4 is 46.1 Å². The number of nitrogens with zero attached hydrogens (tertiary/aromatic N) is 3. The molecule has 1 amide bonds. The first-order valence-corrected chi connectivity index (χ1v) is 7.41. The van der Waals surface area contributed by atoms with E-state index < -0.39 is 0 Å². The van der Waals surface area contributed by atoms with Gasteiger partial charge in [0.05, 0.1) is 22.8 Å². The quantitative estimate of drug-likeness (QED) is 0.570. The molecule has 6 nitrogen and oxygen atoms in total. The van der Waals surface area contributed by atoms with E-state index in [-0.39, 0.29) is 11.7 Å². The lowest BCUT2D eigenvalue weighted by molar-refractivity contribution is -0.113. The second-order valence-electron chi connectivity index (χ2n) is 4.10. The van der Waals surface area contributed by atoms with Gasteiger partial charge in [-0.15, -0.1) is 0 Å². The van der Waals surface area contributed by atoms with E-state index in [0.29, 0.717) is 21.4 Å². The highest BCUT2D eigenvalue weighted by Gasteiger charge is 2.10. The van der Waals surface area contributed by atoms with Crippen LogP contribution < -0.4 is 5.32 Å². The van der Waals surface area contributed by atoms with Crippen LogP contribution in [0.1, 0.15) is 0 Å². The molecule has 0 unspecified atom stereocenters. The van der Waals surface area contributed by atoms with Crippen LogP contribution in [-0.2, 0) is 4.79 Å². The van der Waals surface area contributed by atoms with Gasteiger partial charge in [0.15, 0.2) is 5.65 Å². The predicted octanol–water partition coefficient (Wildman–Crippen LogP) is 2.74. The monoisotopic (exact) mass is 319 g/mol. The zero-order valence-corrected chi connectivity index (χ0v) is 12.3. The van der Waals surface area contributed by atoms with Gasteiger partial charge in [-0.25, -0.2) is 15.0 Å². The van der Waals surface area contributed by atoms with Crippen LogP contribution in [0, 0.1) is 0 Å². The number of aromatic nitrogens is 4. The standard InChI is InChI=1S/C13H10ClN5OS/c14-8-3-1-2-4-9(8)19-10(20)5-21-13-11-12(16-6-15-11)17-7-18-13/h1-4,6-7H,5H2,(H,19,20)(H,15,16,17,18). The Morgan fingerprint density at radius 1 is 1.29 bits per heavy atom. The number of hydrogen-bond donors (Lipinski definition) is 2. The molecule has 21 heavy (non-hydrogen) atoms. The van der Waals surface area contributed by atoms with E-state index in [2.05, 4.69) is 25.3 Å². The van der Waals surface area contributed by atoms with Gasteiger partial charge in [-0.3, -0.25) is 4.79 Å². The van der Waals surface area contributed by atoms with Gasteiger partial charge in [0, 0.05) is 0 Å². The molecule has 3 rings (SSSR count). The summed E-state index contributed by atoms with van der Waals surface area (Å²) in [6, 6.07) is 7.10. The maximum atomic E-state index is 12.0. The third kappa shape index (κ3) is 3.14. The highest BCUT2D eigenvalue weighted by Crippen LogP contribution is 2.23. The molecule has 106 valence electrons. The minimum atomic E-state index is -0.153. The van der Waals surface area contributed by atoms with E-state index in [0.717, 1.165) is 5.52 Å². The van der Waals surface area contributed by atoms with E-state index >= 15 is 0 Å². The second kappa shape index (κ2) is 6.11. The first kappa shape index (κ1) is 13.8. The molecule has 0 saturated carbocycles. The maximum Gasteiger partial charge on any atom is 0.234 e. The molecule has 2 aromatic heterocycles. The highest BCUT2D eigenvalue weighted by molar-refractivity contribution is 8.00. The van der Waals surface area contributed by atoms with Crippen LogP contribution in [-0.4, -0.2) is 31.6 Å². The number of imidazole rings is 1. The molecule has 1 aromatic carbocycles. The van der Waals surface area contributed by atoms with Gasteiger partial charge >= 0.3 is 0 Å². The molecule has 3 aromatic rings. The van der Waals surface area contributed by atoms with Crippen LogP contribution in [0.3, 0.4) is 0 Å². The van der Waals surface area contributed by atoms with Gasteiger partial charge in [-0.05, 0) is 12.1 Å². The molecule has 0 spiro atoms. The lowest BCUT2D eigenvalue weighted by atomic mass is 10.3. The lowest BCUT2D eigenvalue weighted by Crippen LogP contribution is -2.14. The zero-order valence-electron chi connectivity index (χ0n) is 10.7. The number of carbonyl (C=O) groups excluding carboxylic acids is 1. The zero-order chi connectivity index (χ0) is 14.7. The summed E-state index contributed by atoms with van der Waals surface area (Å²) in [5, 5.41) is 3.96. The van der Waals surface area contributed by atoms with Crippen molar-refractivity contribution in [2.75, 3.05) is 11.1 Å². The summed E-state index contributed by atoms with van der Waals surface area (Å²) in [6.45, 7) is 0. The molecular formula is C13H10ClN5OS. The summed E-state index contributed by atoms with van der Waals surface area (Å²) in [7, 11) is 0. The number of H-pyrrole nitrogens is 1. The number of carbonyl (C=O) groups is 1. The Labute approximate surface area is 129 Å². The molecule has 0 aliphatic heterocycles. The first-order chi connectivity index (χ1) is 10.2. The van der Waals surface area contributed by atoms with Gasteiger partial charge in [0.2, 0.25) is 5.91 Å². The molecule has 0 aliphatic rings. The van der Waals surface area contributed by atoms with Gasteiger partial charge in [-0.2, -0.15) is 0 Å². The number of amides is 1. The van der Waals surface area contributed by atoms with E-state index in [4.69, 9.17) is 11.6 Å².